The molecule has 1 aliphatic carbocycles. The summed E-state index contributed by atoms with van der Waals surface area (Å²) in [5.41, 5.74) is 3.47. The number of aliphatic carboxylic acids is 1. The lowest BCUT2D eigenvalue weighted by Gasteiger charge is -2.21. The van der Waals surface area contributed by atoms with Crippen LogP contribution in [-0.2, 0) is 11.2 Å². The highest BCUT2D eigenvalue weighted by Crippen LogP contribution is 2.29. The van der Waals surface area contributed by atoms with Crippen molar-refractivity contribution >= 4 is 11.7 Å². The number of carbonyl (C=O) groups is 1. The number of hydrogen-bond acceptors (Lipinski definition) is 3. The summed E-state index contributed by atoms with van der Waals surface area (Å²) in [6, 6.07) is 1.39. The molecule has 0 saturated carbocycles. The monoisotopic (exact) mass is 250 g/mol. The molecule has 2 N–H and O–H groups in total. The summed E-state index contributed by atoms with van der Waals surface area (Å²) in [5, 5.41) is 21.6. The average Bonchev–Trinajstić information content (AvgIpc) is 2.67. The Morgan fingerprint density at radius 3 is 2.83 bits per heavy atom. The summed E-state index contributed by atoms with van der Waals surface area (Å²) in [7, 11) is 0. The van der Waals surface area contributed by atoms with Crippen LogP contribution >= 0.6 is 0 Å². The fourth-order valence-electron chi connectivity index (χ4n) is 2.77. The zero-order chi connectivity index (χ0) is 13.3. The Kier molecular flexibility index (Phi) is 3.41. The smallest absolute Gasteiger partial charge is 0.326 e. The van der Waals surface area contributed by atoms with Gasteiger partial charge in [0.15, 0.2) is 0 Å². The SMILES string of the molecule is CCC(C(=O)O)n1c(C)cc2c1CCC/C2=N/O. The standard InChI is InChI=1S/C13H18N2O3/c1-3-11(13(16)17)15-8(2)7-9-10(14-18)5-4-6-12(9)15/h7,11,18H,3-6H2,1-2H3,(H,16,17)/b14-10-. The molecule has 1 aromatic heterocycles. The minimum absolute atomic E-state index is 0.535. The van der Waals surface area contributed by atoms with Crippen LogP contribution in [0.2, 0.25) is 0 Å². The molecule has 1 heterocycles. The minimum atomic E-state index is -0.813. The Balaban J connectivity index is 2.56. The molecular weight excluding hydrogens is 232 g/mol. The first kappa shape index (κ1) is 12.7. The van der Waals surface area contributed by atoms with E-state index in [1.807, 2.05) is 24.5 Å². The van der Waals surface area contributed by atoms with Gasteiger partial charge >= 0.3 is 5.97 Å². The van der Waals surface area contributed by atoms with E-state index in [1.165, 1.54) is 0 Å². The molecule has 2 rings (SSSR count). The molecule has 0 saturated heterocycles. The highest BCUT2D eigenvalue weighted by Gasteiger charge is 2.27. The minimum Gasteiger partial charge on any atom is -0.480 e. The normalized spacial score (nSPS) is 18.7. The van der Waals surface area contributed by atoms with Gasteiger partial charge in [-0.1, -0.05) is 12.1 Å². The lowest BCUT2D eigenvalue weighted by molar-refractivity contribution is -0.141. The fourth-order valence-corrected chi connectivity index (χ4v) is 2.77. The van der Waals surface area contributed by atoms with Crippen molar-refractivity contribution in [2.45, 2.75) is 45.6 Å². The number of carboxylic acids is 1. The van der Waals surface area contributed by atoms with Gasteiger partial charge in [0.25, 0.3) is 0 Å². The van der Waals surface area contributed by atoms with Gasteiger partial charge in [0.05, 0.1) is 5.71 Å². The fraction of sp³-hybridized carbons (Fsp3) is 0.538. The average molecular weight is 250 g/mol. The van der Waals surface area contributed by atoms with E-state index in [-0.39, 0.29) is 0 Å². The maximum Gasteiger partial charge on any atom is 0.326 e. The molecule has 0 bridgehead atoms. The van der Waals surface area contributed by atoms with Crippen molar-refractivity contribution in [3.05, 3.63) is 23.0 Å². The van der Waals surface area contributed by atoms with E-state index >= 15 is 0 Å². The molecule has 18 heavy (non-hydrogen) atoms. The number of nitrogens with zero attached hydrogens (tertiary/aromatic N) is 2. The summed E-state index contributed by atoms with van der Waals surface area (Å²) < 4.78 is 1.88. The van der Waals surface area contributed by atoms with Gasteiger partial charge < -0.3 is 14.9 Å². The van der Waals surface area contributed by atoms with Crippen molar-refractivity contribution in [1.82, 2.24) is 4.57 Å². The zero-order valence-electron chi connectivity index (χ0n) is 10.7. The second-order valence-corrected chi connectivity index (χ2v) is 4.68. The topological polar surface area (TPSA) is 74.8 Å². The number of hydrogen-bond donors (Lipinski definition) is 2. The molecule has 0 aromatic carbocycles. The van der Waals surface area contributed by atoms with Crippen LogP contribution in [0.1, 0.15) is 49.2 Å². The quantitative estimate of drug-likeness (QED) is 0.638. The van der Waals surface area contributed by atoms with E-state index < -0.39 is 12.0 Å². The molecule has 1 aliphatic rings. The molecule has 1 unspecified atom stereocenters. The van der Waals surface area contributed by atoms with Crippen LogP contribution in [0.3, 0.4) is 0 Å². The van der Waals surface area contributed by atoms with Gasteiger partial charge in [-0.05, 0) is 38.7 Å². The predicted octanol–water partition coefficient (Wildman–Crippen LogP) is 2.35. The molecular formula is C13H18N2O3. The maximum absolute atomic E-state index is 11.3. The van der Waals surface area contributed by atoms with Crippen molar-refractivity contribution in [2.24, 2.45) is 5.16 Å². The first-order chi connectivity index (χ1) is 8.60. The zero-order valence-corrected chi connectivity index (χ0v) is 10.7. The van der Waals surface area contributed by atoms with Gasteiger partial charge in [-0.3, -0.25) is 0 Å². The molecule has 98 valence electrons. The number of rotatable bonds is 3. The molecule has 0 fully saturated rings. The van der Waals surface area contributed by atoms with Crippen molar-refractivity contribution in [3.8, 4) is 0 Å². The number of aromatic nitrogens is 1. The molecule has 1 aromatic rings. The van der Waals surface area contributed by atoms with Crippen molar-refractivity contribution in [3.63, 3.8) is 0 Å². The van der Waals surface area contributed by atoms with Gasteiger partial charge in [-0.2, -0.15) is 0 Å². The Hall–Kier alpha value is -1.78. The summed E-state index contributed by atoms with van der Waals surface area (Å²) in [6.45, 7) is 3.77. The van der Waals surface area contributed by atoms with Gasteiger partial charge in [-0.25, -0.2) is 4.79 Å². The van der Waals surface area contributed by atoms with E-state index in [0.29, 0.717) is 12.1 Å². The van der Waals surface area contributed by atoms with Gasteiger partial charge in [0, 0.05) is 17.0 Å². The number of carboxylic acid groups (broad SMARTS) is 1. The van der Waals surface area contributed by atoms with E-state index in [1.54, 1.807) is 0 Å². The van der Waals surface area contributed by atoms with Crippen LogP contribution in [-0.4, -0.2) is 26.6 Å². The summed E-state index contributed by atoms with van der Waals surface area (Å²) in [4.78, 5) is 11.3. The van der Waals surface area contributed by atoms with Crippen LogP contribution in [0, 0.1) is 6.92 Å². The van der Waals surface area contributed by atoms with E-state index in [9.17, 15) is 9.90 Å². The van der Waals surface area contributed by atoms with Crippen LogP contribution in [0.4, 0.5) is 0 Å². The predicted molar refractivity (Wildman–Crippen MR) is 67.4 cm³/mol. The van der Waals surface area contributed by atoms with Crippen molar-refractivity contribution in [2.75, 3.05) is 0 Å². The second kappa shape index (κ2) is 4.84. The Bertz CT molecular complexity index is 503. The summed E-state index contributed by atoms with van der Waals surface area (Å²) in [6.07, 6.45) is 3.03. The molecule has 0 radical (unpaired) electrons. The highest BCUT2D eigenvalue weighted by molar-refractivity contribution is 6.02. The third-order valence-electron chi connectivity index (χ3n) is 3.58. The third-order valence-corrected chi connectivity index (χ3v) is 3.58. The summed E-state index contributed by atoms with van der Waals surface area (Å²) in [5.74, 6) is -0.813. The molecule has 0 aliphatic heterocycles. The molecule has 1 atom stereocenters. The Morgan fingerprint density at radius 1 is 1.56 bits per heavy atom. The number of aryl methyl sites for hydroxylation is 1. The largest absolute Gasteiger partial charge is 0.480 e. The third kappa shape index (κ3) is 1.89. The van der Waals surface area contributed by atoms with Gasteiger partial charge in [0.1, 0.15) is 6.04 Å². The van der Waals surface area contributed by atoms with Crippen LogP contribution in [0.5, 0.6) is 0 Å². The first-order valence-electron chi connectivity index (χ1n) is 6.25. The molecule has 5 heteroatoms. The van der Waals surface area contributed by atoms with Crippen molar-refractivity contribution < 1.29 is 15.1 Å². The second-order valence-electron chi connectivity index (χ2n) is 4.68. The van der Waals surface area contributed by atoms with Gasteiger partial charge in [-0.15, -0.1) is 0 Å². The van der Waals surface area contributed by atoms with Crippen LogP contribution < -0.4 is 0 Å². The molecule has 5 nitrogen and oxygen atoms in total. The number of fused-ring (bicyclic) bond motifs is 1. The van der Waals surface area contributed by atoms with E-state index in [2.05, 4.69) is 5.16 Å². The van der Waals surface area contributed by atoms with Crippen LogP contribution in [0.15, 0.2) is 11.2 Å². The van der Waals surface area contributed by atoms with Gasteiger partial charge in [0.2, 0.25) is 0 Å². The van der Waals surface area contributed by atoms with Crippen LogP contribution in [0.25, 0.3) is 0 Å². The van der Waals surface area contributed by atoms with E-state index in [0.717, 1.165) is 36.2 Å². The van der Waals surface area contributed by atoms with E-state index in [4.69, 9.17) is 5.21 Å². The summed E-state index contributed by atoms with van der Waals surface area (Å²) >= 11 is 0. The Morgan fingerprint density at radius 2 is 2.28 bits per heavy atom. The lowest BCUT2D eigenvalue weighted by atomic mass is 9.95. The lowest BCUT2D eigenvalue weighted by Crippen LogP contribution is -2.23. The molecule has 0 spiro atoms. The maximum atomic E-state index is 11.3. The van der Waals surface area contributed by atoms with Crippen molar-refractivity contribution in [1.29, 1.82) is 0 Å². The number of oxime groups is 1. The highest BCUT2D eigenvalue weighted by atomic mass is 16.4. The Labute approximate surface area is 106 Å². The first-order valence-corrected chi connectivity index (χ1v) is 6.25. The molecule has 0 amide bonds.